The monoisotopic (exact) mass is 425 g/mol. The Labute approximate surface area is 163 Å². The fraction of sp³-hybridized carbons (Fsp3) is 0.235. The summed E-state index contributed by atoms with van der Waals surface area (Å²) in [6, 6.07) is 9.42. The van der Waals surface area contributed by atoms with Crippen molar-refractivity contribution in [1.29, 1.82) is 0 Å². The second kappa shape index (κ2) is 7.51. The van der Waals surface area contributed by atoms with Gasteiger partial charge in [0.1, 0.15) is 10.6 Å². The van der Waals surface area contributed by atoms with Gasteiger partial charge in [-0.1, -0.05) is 0 Å². The summed E-state index contributed by atoms with van der Waals surface area (Å²) in [6.07, 6.45) is 1.64. The highest BCUT2D eigenvalue weighted by atomic mass is 32.2. The van der Waals surface area contributed by atoms with Crippen molar-refractivity contribution >= 4 is 31.6 Å². The summed E-state index contributed by atoms with van der Waals surface area (Å²) in [7, 11) is -6.35. The van der Waals surface area contributed by atoms with Gasteiger partial charge in [-0.3, -0.25) is 4.79 Å². The van der Waals surface area contributed by atoms with E-state index in [2.05, 4.69) is 10.0 Å². The van der Waals surface area contributed by atoms with E-state index in [-0.39, 0.29) is 32.8 Å². The molecule has 0 saturated heterocycles. The number of rotatable bonds is 7. The average Bonchev–Trinajstić information content (AvgIpc) is 3.44. The molecule has 0 aromatic heterocycles. The number of amides is 1. The number of primary sulfonamides is 1. The Kier molecular flexibility index (Phi) is 5.44. The third-order valence-electron chi connectivity index (χ3n) is 4.05. The minimum absolute atomic E-state index is 0.0175. The zero-order chi connectivity index (χ0) is 20.5. The highest BCUT2D eigenvalue weighted by molar-refractivity contribution is 7.89. The molecule has 1 saturated carbocycles. The van der Waals surface area contributed by atoms with Crippen LogP contribution in [0.15, 0.2) is 52.3 Å². The van der Waals surface area contributed by atoms with Crippen molar-refractivity contribution in [2.24, 2.45) is 5.14 Å². The summed E-state index contributed by atoms with van der Waals surface area (Å²) >= 11 is 0. The minimum Gasteiger partial charge on any atom is -0.495 e. The molecule has 1 fully saturated rings. The summed E-state index contributed by atoms with van der Waals surface area (Å²) in [6.45, 7) is 0. The Balaban J connectivity index is 1.78. The first-order valence-electron chi connectivity index (χ1n) is 8.25. The molecule has 150 valence electrons. The molecule has 3 rings (SSSR count). The van der Waals surface area contributed by atoms with Gasteiger partial charge in [0.25, 0.3) is 5.91 Å². The molecule has 1 aliphatic carbocycles. The van der Waals surface area contributed by atoms with E-state index in [9.17, 15) is 21.6 Å². The number of ether oxygens (including phenoxy) is 1. The first-order chi connectivity index (χ1) is 13.1. The molecule has 0 radical (unpaired) electrons. The Morgan fingerprint density at radius 3 is 2.25 bits per heavy atom. The number of methoxy groups -OCH3 is 1. The van der Waals surface area contributed by atoms with Gasteiger partial charge >= 0.3 is 0 Å². The summed E-state index contributed by atoms with van der Waals surface area (Å²) in [5.74, 6) is -0.483. The van der Waals surface area contributed by atoms with E-state index in [1.54, 1.807) is 0 Å². The molecule has 2 aromatic carbocycles. The molecule has 0 bridgehead atoms. The summed E-state index contributed by atoms with van der Waals surface area (Å²) in [5.41, 5.74) is 0.403. The molecule has 1 amide bonds. The molecule has 0 heterocycles. The van der Waals surface area contributed by atoms with Crippen LogP contribution < -0.4 is 19.9 Å². The van der Waals surface area contributed by atoms with E-state index < -0.39 is 26.0 Å². The lowest BCUT2D eigenvalue weighted by molar-refractivity contribution is 0.102. The fourth-order valence-electron chi connectivity index (χ4n) is 2.45. The summed E-state index contributed by atoms with van der Waals surface area (Å²) in [5, 5.41) is 7.70. The van der Waals surface area contributed by atoms with E-state index in [0.29, 0.717) is 0 Å². The molecule has 11 heteroatoms. The normalized spacial score (nSPS) is 14.5. The second-order valence-corrected chi connectivity index (χ2v) is 9.53. The van der Waals surface area contributed by atoms with Crippen LogP contribution in [0, 0.1) is 0 Å². The van der Waals surface area contributed by atoms with Crippen LogP contribution in [0.25, 0.3) is 0 Å². The fourth-order valence-corrected chi connectivity index (χ4v) is 4.48. The molecule has 28 heavy (non-hydrogen) atoms. The van der Waals surface area contributed by atoms with E-state index in [0.717, 1.165) is 12.8 Å². The van der Waals surface area contributed by atoms with Gasteiger partial charge in [0.05, 0.1) is 12.0 Å². The predicted molar refractivity (Wildman–Crippen MR) is 102 cm³/mol. The number of sulfonamides is 2. The zero-order valence-electron chi connectivity index (χ0n) is 14.9. The van der Waals surface area contributed by atoms with Crippen LogP contribution in [-0.2, 0) is 20.0 Å². The number of anilines is 1. The summed E-state index contributed by atoms with van der Waals surface area (Å²) < 4.78 is 55.1. The molecular weight excluding hydrogens is 406 g/mol. The highest BCUT2D eigenvalue weighted by Crippen LogP contribution is 2.26. The van der Waals surface area contributed by atoms with Crippen LogP contribution in [-0.4, -0.2) is 35.9 Å². The lowest BCUT2D eigenvalue weighted by Crippen LogP contribution is -2.25. The first-order valence-corrected chi connectivity index (χ1v) is 11.3. The SMILES string of the molecule is COc1ccc(NC(=O)c2ccc(S(=O)(=O)NC3CC3)cc2)cc1S(N)(=O)=O. The number of nitrogens with two attached hydrogens (primary N) is 1. The van der Waals surface area contributed by atoms with Crippen LogP contribution in [0.2, 0.25) is 0 Å². The molecular formula is C17H19N3O6S2. The maximum absolute atomic E-state index is 12.4. The number of benzene rings is 2. The van der Waals surface area contributed by atoms with Gasteiger partial charge < -0.3 is 10.1 Å². The Morgan fingerprint density at radius 2 is 1.71 bits per heavy atom. The van der Waals surface area contributed by atoms with Crippen molar-refractivity contribution in [3.8, 4) is 5.75 Å². The molecule has 2 aromatic rings. The van der Waals surface area contributed by atoms with Gasteiger partial charge in [-0.15, -0.1) is 0 Å². The van der Waals surface area contributed by atoms with Crippen LogP contribution in [0.3, 0.4) is 0 Å². The molecule has 0 atom stereocenters. The third-order valence-corrected chi connectivity index (χ3v) is 6.52. The van der Waals surface area contributed by atoms with Crippen molar-refractivity contribution in [3.05, 3.63) is 48.0 Å². The lowest BCUT2D eigenvalue weighted by atomic mass is 10.2. The topological polar surface area (TPSA) is 145 Å². The van der Waals surface area contributed by atoms with E-state index >= 15 is 0 Å². The van der Waals surface area contributed by atoms with Crippen LogP contribution >= 0.6 is 0 Å². The van der Waals surface area contributed by atoms with Gasteiger partial charge in [0.2, 0.25) is 20.0 Å². The standard InChI is InChI=1S/C17H19N3O6S2/c1-26-15-9-6-13(10-16(15)27(18,22)23)19-17(21)11-2-7-14(8-3-11)28(24,25)20-12-4-5-12/h2-3,6-10,12,20H,4-5H2,1H3,(H,19,21)(H2,18,22,23). The van der Waals surface area contributed by atoms with Gasteiger partial charge in [0.15, 0.2) is 0 Å². The van der Waals surface area contributed by atoms with Gasteiger partial charge in [-0.25, -0.2) is 26.7 Å². The first kappa shape index (κ1) is 20.3. The molecule has 9 nitrogen and oxygen atoms in total. The van der Waals surface area contributed by atoms with Gasteiger partial charge in [0, 0.05) is 17.3 Å². The average molecular weight is 425 g/mol. The van der Waals surface area contributed by atoms with Gasteiger partial charge in [-0.2, -0.15) is 0 Å². The zero-order valence-corrected chi connectivity index (χ0v) is 16.5. The predicted octanol–water partition coefficient (Wildman–Crippen LogP) is 1.04. The third kappa shape index (κ3) is 4.68. The molecule has 4 N–H and O–H groups in total. The Hall–Kier alpha value is -2.47. The number of hydrogen-bond acceptors (Lipinski definition) is 6. The molecule has 0 aliphatic heterocycles. The van der Waals surface area contributed by atoms with Crippen LogP contribution in [0.5, 0.6) is 5.75 Å². The van der Waals surface area contributed by atoms with Gasteiger partial charge in [-0.05, 0) is 55.3 Å². The smallest absolute Gasteiger partial charge is 0.255 e. The Morgan fingerprint density at radius 1 is 1.07 bits per heavy atom. The second-order valence-electron chi connectivity index (χ2n) is 6.28. The number of carbonyl (C=O) groups is 1. The van der Waals surface area contributed by atoms with E-state index in [1.807, 2.05) is 0 Å². The highest BCUT2D eigenvalue weighted by Gasteiger charge is 2.28. The van der Waals surface area contributed by atoms with Crippen LogP contribution in [0.1, 0.15) is 23.2 Å². The minimum atomic E-state index is -4.05. The number of nitrogens with one attached hydrogen (secondary N) is 2. The molecule has 0 unspecified atom stereocenters. The van der Waals surface area contributed by atoms with E-state index in [1.165, 1.54) is 49.6 Å². The quantitative estimate of drug-likeness (QED) is 0.604. The molecule has 0 spiro atoms. The maximum atomic E-state index is 12.4. The Bertz CT molecular complexity index is 1110. The summed E-state index contributed by atoms with van der Waals surface area (Å²) in [4.78, 5) is 12.2. The maximum Gasteiger partial charge on any atom is 0.255 e. The number of hydrogen-bond donors (Lipinski definition) is 3. The van der Waals surface area contributed by atoms with Crippen molar-refractivity contribution in [2.75, 3.05) is 12.4 Å². The number of carbonyl (C=O) groups excluding carboxylic acids is 1. The molecule has 1 aliphatic rings. The largest absolute Gasteiger partial charge is 0.495 e. The van der Waals surface area contributed by atoms with Crippen molar-refractivity contribution in [1.82, 2.24) is 4.72 Å². The van der Waals surface area contributed by atoms with Crippen molar-refractivity contribution in [3.63, 3.8) is 0 Å². The van der Waals surface area contributed by atoms with Crippen molar-refractivity contribution < 1.29 is 26.4 Å². The van der Waals surface area contributed by atoms with E-state index in [4.69, 9.17) is 9.88 Å². The van der Waals surface area contributed by atoms with Crippen molar-refractivity contribution in [2.45, 2.75) is 28.7 Å². The lowest BCUT2D eigenvalue weighted by Gasteiger charge is -2.11. The van der Waals surface area contributed by atoms with Crippen LogP contribution in [0.4, 0.5) is 5.69 Å².